The van der Waals surface area contributed by atoms with Crippen LogP contribution in [0, 0.1) is 5.92 Å². The van der Waals surface area contributed by atoms with Gasteiger partial charge in [-0.25, -0.2) is 0 Å². The van der Waals surface area contributed by atoms with Crippen LogP contribution in [-0.2, 0) is 0 Å². The highest BCUT2D eigenvalue weighted by Crippen LogP contribution is 2.36. The van der Waals surface area contributed by atoms with Crippen LogP contribution < -0.4 is 5.32 Å². The Hall–Kier alpha value is -0.310. The van der Waals surface area contributed by atoms with Crippen molar-refractivity contribution in [3.63, 3.8) is 0 Å². The van der Waals surface area contributed by atoms with Gasteiger partial charge in [0.25, 0.3) is 0 Å². The molecule has 1 aromatic rings. The molecule has 1 unspecified atom stereocenters. The highest BCUT2D eigenvalue weighted by Gasteiger charge is 2.27. The zero-order valence-corrected chi connectivity index (χ0v) is 12.3. The van der Waals surface area contributed by atoms with Gasteiger partial charge in [0.1, 0.15) is 0 Å². The Kier molecular flexibility index (Phi) is 5.28. The first-order chi connectivity index (χ1) is 8.72. The topological polar surface area (TPSA) is 24.9 Å². The summed E-state index contributed by atoms with van der Waals surface area (Å²) < 4.78 is 0. The van der Waals surface area contributed by atoms with Gasteiger partial charge in [-0.1, -0.05) is 49.4 Å². The summed E-state index contributed by atoms with van der Waals surface area (Å²) in [6, 6.07) is 2.05. The summed E-state index contributed by atoms with van der Waals surface area (Å²) in [5.41, 5.74) is 0.954. The lowest BCUT2D eigenvalue weighted by atomic mass is 9.82. The molecule has 0 aromatic carbocycles. The molecular weight excluding hydrogens is 267 g/mol. The van der Waals surface area contributed by atoms with Gasteiger partial charge in [-0.3, -0.25) is 4.98 Å². The van der Waals surface area contributed by atoms with E-state index in [2.05, 4.69) is 17.2 Å². The van der Waals surface area contributed by atoms with Crippen molar-refractivity contribution in [2.24, 2.45) is 5.92 Å². The Bertz CT molecular complexity index is 389. The third kappa shape index (κ3) is 3.37. The van der Waals surface area contributed by atoms with Gasteiger partial charge in [0.2, 0.25) is 0 Å². The molecule has 1 atom stereocenters. The minimum Gasteiger partial charge on any atom is -0.309 e. The van der Waals surface area contributed by atoms with E-state index in [-0.39, 0.29) is 6.04 Å². The maximum atomic E-state index is 6.29. The monoisotopic (exact) mass is 286 g/mol. The molecule has 1 N–H and O–H groups in total. The Labute approximate surface area is 119 Å². The number of pyridine rings is 1. The number of halogens is 2. The van der Waals surface area contributed by atoms with Crippen molar-refractivity contribution < 1.29 is 0 Å². The van der Waals surface area contributed by atoms with E-state index in [0.717, 1.165) is 12.2 Å². The van der Waals surface area contributed by atoms with E-state index in [0.29, 0.717) is 16.0 Å². The summed E-state index contributed by atoms with van der Waals surface area (Å²) in [6.07, 6.45) is 8.21. The van der Waals surface area contributed by atoms with Crippen LogP contribution in [0.25, 0.3) is 0 Å². The third-order valence-corrected chi connectivity index (χ3v) is 4.19. The number of nitrogens with one attached hydrogen (secondary N) is 1. The number of nitrogens with zero attached hydrogens (tertiary/aromatic N) is 1. The standard InChI is InChI=1S/C14H20Cl2N2/c1-2-17-13(10-6-4-3-5-7-10)14-12(16)8-11(15)9-18-14/h8-10,13,17H,2-7H2,1H3. The van der Waals surface area contributed by atoms with Gasteiger partial charge in [0.05, 0.1) is 21.8 Å². The molecule has 1 aliphatic rings. The number of rotatable bonds is 4. The van der Waals surface area contributed by atoms with Crippen LogP contribution in [0.5, 0.6) is 0 Å². The summed E-state index contributed by atoms with van der Waals surface area (Å²) in [4.78, 5) is 4.45. The van der Waals surface area contributed by atoms with Crippen LogP contribution in [0.2, 0.25) is 10.0 Å². The quantitative estimate of drug-likeness (QED) is 0.874. The van der Waals surface area contributed by atoms with E-state index in [1.165, 1.54) is 32.1 Å². The normalized spacial score (nSPS) is 18.8. The predicted molar refractivity (Wildman–Crippen MR) is 77.2 cm³/mol. The molecule has 2 nitrogen and oxygen atoms in total. The van der Waals surface area contributed by atoms with E-state index >= 15 is 0 Å². The Balaban J connectivity index is 2.22. The summed E-state index contributed by atoms with van der Waals surface area (Å²) in [6.45, 7) is 3.06. The molecule has 1 aliphatic carbocycles. The van der Waals surface area contributed by atoms with Crippen LogP contribution in [0.15, 0.2) is 12.3 Å². The van der Waals surface area contributed by atoms with Crippen molar-refractivity contribution >= 4 is 23.2 Å². The first-order valence-electron chi connectivity index (χ1n) is 6.76. The molecule has 1 aromatic heterocycles. The summed E-state index contributed by atoms with van der Waals surface area (Å²) >= 11 is 12.2. The van der Waals surface area contributed by atoms with Crippen molar-refractivity contribution in [3.8, 4) is 0 Å². The maximum absolute atomic E-state index is 6.29. The van der Waals surface area contributed by atoms with Crippen molar-refractivity contribution in [3.05, 3.63) is 28.0 Å². The van der Waals surface area contributed by atoms with Crippen LogP contribution in [0.1, 0.15) is 50.8 Å². The third-order valence-electron chi connectivity index (χ3n) is 3.68. The highest BCUT2D eigenvalue weighted by atomic mass is 35.5. The molecule has 4 heteroatoms. The first-order valence-corrected chi connectivity index (χ1v) is 7.52. The highest BCUT2D eigenvalue weighted by molar-refractivity contribution is 6.34. The second-order valence-electron chi connectivity index (χ2n) is 4.95. The molecule has 1 saturated carbocycles. The van der Waals surface area contributed by atoms with Gasteiger partial charge < -0.3 is 5.32 Å². The second kappa shape index (κ2) is 6.74. The lowest BCUT2D eigenvalue weighted by molar-refractivity contribution is 0.270. The molecule has 0 radical (unpaired) electrons. The van der Waals surface area contributed by atoms with Gasteiger partial charge in [-0.05, 0) is 31.4 Å². The van der Waals surface area contributed by atoms with Crippen molar-refractivity contribution in [1.82, 2.24) is 10.3 Å². The lowest BCUT2D eigenvalue weighted by Crippen LogP contribution is -2.30. The fourth-order valence-electron chi connectivity index (χ4n) is 2.83. The molecule has 0 bridgehead atoms. The molecule has 0 aliphatic heterocycles. The molecule has 100 valence electrons. The van der Waals surface area contributed by atoms with E-state index in [4.69, 9.17) is 23.2 Å². The summed E-state index contributed by atoms with van der Waals surface area (Å²) in [5.74, 6) is 0.643. The van der Waals surface area contributed by atoms with Gasteiger partial charge in [0.15, 0.2) is 0 Å². The van der Waals surface area contributed by atoms with Crippen molar-refractivity contribution in [2.75, 3.05) is 6.54 Å². The van der Waals surface area contributed by atoms with Gasteiger partial charge in [-0.15, -0.1) is 0 Å². The van der Waals surface area contributed by atoms with E-state index < -0.39 is 0 Å². The minimum atomic E-state index is 0.264. The Morgan fingerprint density at radius 1 is 1.33 bits per heavy atom. The number of aromatic nitrogens is 1. The molecule has 0 saturated heterocycles. The fraction of sp³-hybridized carbons (Fsp3) is 0.643. The minimum absolute atomic E-state index is 0.264. The average molecular weight is 287 g/mol. The molecule has 1 heterocycles. The maximum Gasteiger partial charge on any atom is 0.0762 e. The zero-order chi connectivity index (χ0) is 13.0. The SMILES string of the molecule is CCNC(c1ncc(Cl)cc1Cl)C1CCCCC1. The zero-order valence-electron chi connectivity index (χ0n) is 10.8. The van der Waals surface area contributed by atoms with Crippen LogP contribution in [-0.4, -0.2) is 11.5 Å². The van der Waals surface area contributed by atoms with E-state index in [1.54, 1.807) is 12.3 Å². The largest absolute Gasteiger partial charge is 0.309 e. The first kappa shape index (κ1) is 14.1. The summed E-state index contributed by atoms with van der Waals surface area (Å²) in [7, 11) is 0. The molecule has 1 fully saturated rings. The predicted octanol–water partition coefficient (Wildman–Crippen LogP) is 4.62. The molecule has 18 heavy (non-hydrogen) atoms. The smallest absolute Gasteiger partial charge is 0.0762 e. The van der Waals surface area contributed by atoms with E-state index in [9.17, 15) is 0 Å². The molecular formula is C14H20Cl2N2. The van der Waals surface area contributed by atoms with Crippen LogP contribution in [0.4, 0.5) is 0 Å². The number of hydrogen-bond donors (Lipinski definition) is 1. The summed E-state index contributed by atoms with van der Waals surface area (Å²) in [5, 5.41) is 4.82. The average Bonchev–Trinajstić information content (AvgIpc) is 2.38. The van der Waals surface area contributed by atoms with Gasteiger partial charge >= 0.3 is 0 Å². The Morgan fingerprint density at radius 3 is 2.67 bits per heavy atom. The molecule has 2 rings (SSSR count). The fourth-order valence-corrected chi connectivity index (χ4v) is 3.33. The van der Waals surface area contributed by atoms with E-state index in [1.807, 2.05) is 0 Å². The van der Waals surface area contributed by atoms with Crippen LogP contribution >= 0.6 is 23.2 Å². The van der Waals surface area contributed by atoms with Crippen molar-refractivity contribution in [1.29, 1.82) is 0 Å². The molecule has 0 amide bonds. The molecule has 0 spiro atoms. The Morgan fingerprint density at radius 2 is 2.06 bits per heavy atom. The second-order valence-corrected chi connectivity index (χ2v) is 5.80. The lowest BCUT2D eigenvalue weighted by Gasteiger charge is -2.31. The van der Waals surface area contributed by atoms with Gasteiger partial charge in [-0.2, -0.15) is 0 Å². The van der Waals surface area contributed by atoms with Crippen LogP contribution in [0.3, 0.4) is 0 Å². The number of hydrogen-bond acceptors (Lipinski definition) is 2. The van der Waals surface area contributed by atoms with Crippen molar-refractivity contribution in [2.45, 2.75) is 45.1 Å². The van der Waals surface area contributed by atoms with Gasteiger partial charge in [0, 0.05) is 6.20 Å².